The van der Waals surface area contributed by atoms with Crippen molar-refractivity contribution in [3.8, 4) is 0 Å². The Bertz CT molecular complexity index is 1390. The second-order valence-electron chi connectivity index (χ2n) is 9.61. The van der Waals surface area contributed by atoms with Crippen molar-refractivity contribution in [3.05, 3.63) is 64.8 Å². The number of benzene rings is 2. The van der Waals surface area contributed by atoms with Crippen molar-refractivity contribution in [2.75, 3.05) is 10.6 Å². The van der Waals surface area contributed by atoms with Gasteiger partial charge in [-0.2, -0.15) is 10.1 Å². The Morgan fingerprint density at radius 3 is 2.44 bits per heavy atom. The molecule has 1 amide bonds. The molecule has 1 unspecified atom stereocenters. The summed E-state index contributed by atoms with van der Waals surface area (Å²) in [6.45, 7) is 12.1. The highest BCUT2D eigenvalue weighted by molar-refractivity contribution is 5.90. The van der Waals surface area contributed by atoms with E-state index in [2.05, 4.69) is 84.9 Å². The molecule has 1 atom stereocenters. The number of carbonyl (C=O) groups is 1. The molecule has 3 N–H and O–H groups in total. The van der Waals surface area contributed by atoms with Gasteiger partial charge in [0, 0.05) is 31.5 Å². The van der Waals surface area contributed by atoms with Gasteiger partial charge < -0.3 is 16.0 Å². The van der Waals surface area contributed by atoms with Crippen molar-refractivity contribution in [1.29, 1.82) is 0 Å². The number of para-hydroxylation sites is 1. The molecule has 0 spiro atoms. The summed E-state index contributed by atoms with van der Waals surface area (Å²) < 4.78 is 1.76. The number of anilines is 4. The smallest absolute Gasteiger partial charge is 0.229 e. The van der Waals surface area contributed by atoms with Crippen LogP contribution in [0.15, 0.2) is 42.6 Å². The first-order valence-electron chi connectivity index (χ1n) is 12.4. The minimum absolute atomic E-state index is 0.0376. The lowest BCUT2D eigenvalue weighted by Crippen LogP contribution is -2.30. The molecule has 2 aromatic heterocycles. The molecule has 0 radical (unpaired) electrons. The van der Waals surface area contributed by atoms with Gasteiger partial charge in [-0.3, -0.25) is 4.79 Å². The summed E-state index contributed by atoms with van der Waals surface area (Å²) >= 11 is 0. The Kier molecular flexibility index (Phi) is 7.24. The standard InChI is InChI=1S/C28H35N7O/c1-8-20-12-13-21(14-22(20)24(16(2)3)30-19(6)36)31-28-29-15-23-26(34-35(7)27(23)33-28)32-25-17(4)10-9-11-18(25)5/h9-16,24H,8H2,1-7H3,(H,30,36)(H,32,34)(H,29,31,33). The number of rotatable bonds is 8. The first-order valence-corrected chi connectivity index (χ1v) is 12.4. The molecule has 2 aromatic carbocycles. The van der Waals surface area contributed by atoms with Crippen molar-refractivity contribution >= 4 is 40.1 Å². The lowest BCUT2D eigenvalue weighted by Gasteiger charge is -2.25. The van der Waals surface area contributed by atoms with E-state index in [0.29, 0.717) is 5.95 Å². The topological polar surface area (TPSA) is 96.8 Å². The molecule has 8 nitrogen and oxygen atoms in total. The quantitative estimate of drug-likeness (QED) is 0.289. The van der Waals surface area contributed by atoms with Crippen LogP contribution in [0.25, 0.3) is 11.0 Å². The van der Waals surface area contributed by atoms with Gasteiger partial charge in [0.15, 0.2) is 11.5 Å². The van der Waals surface area contributed by atoms with E-state index >= 15 is 0 Å². The molecule has 0 saturated heterocycles. The maximum Gasteiger partial charge on any atom is 0.229 e. The van der Waals surface area contributed by atoms with Gasteiger partial charge in [0.2, 0.25) is 11.9 Å². The van der Waals surface area contributed by atoms with Crippen LogP contribution in [0.5, 0.6) is 0 Å². The molecule has 0 bridgehead atoms. The summed E-state index contributed by atoms with van der Waals surface area (Å²) in [5.41, 5.74) is 7.25. The fourth-order valence-electron chi connectivity index (χ4n) is 4.56. The zero-order valence-electron chi connectivity index (χ0n) is 22.1. The fraction of sp³-hybridized carbons (Fsp3) is 0.357. The maximum absolute atomic E-state index is 11.9. The van der Waals surface area contributed by atoms with E-state index in [1.54, 1.807) is 17.8 Å². The lowest BCUT2D eigenvalue weighted by atomic mass is 9.90. The number of fused-ring (bicyclic) bond motifs is 1. The molecule has 36 heavy (non-hydrogen) atoms. The molecule has 4 rings (SSSR count). The number of hydrogen-bond donors (Lipinski definition) is 3. The number of nitrogens with one attached hydrogen (secondary N) is 3. The summed E-state index contributed by atoms with van der Waals surface area (Å²) in [5, 5.41) is 15.4. The molecular formula is C28H35N7O. The van der Waals surface area contributed by atoms with Gasteiger partial charge in [0.1, 0.15) is 0 Å². The average molecular weight is 486 g/mol. The largest absolute Gasteiger partial charge is 0.349 e. The van der Waals surface area contributed by atoms with E-state index in [0.717, 1.165) is 51.3 Å². The number of nitrogens with zero attached hydrogens (tertiary/aromatic N) is 4. The van der Waals surface area contributed by atoms with Crippen molar-refractivity contribution in [3.63, 3.8) is 0 Å². The van der Waals surface area contributed by atoms with Crippen LogP contribution in [-0.2, 0) is 18.3 Å². The highest BCUT2D eigenvalue weighted by atomic mass is 16.1. The van der Waals surface area contributed by atoms with Crippen molar-refractivity contribution in [2.45, 2.75) is 54.0 Å². The number of aryl methyl sites for hydroxylation is 4. The van der Waals surface area contributed by atoms with E-state index < -0.39 is 0 Å². The van der Waals surface area contributed by atoms with Crippen LogP contribution in [-0.4, -0.2) is 25.7 Å². The summed E-state index contributed by atoms with van der Waals surface area (Å²) in [6, 6.07) is 12.3. The van der Waals surface area contributed by atoms with Crippen LogP contribution in [0.1, 0.15) is 56.0 Å². The number of carbonyl (C=O) groups excluding carboxylic acids is 1. The van der Waals surface area contributed by atoms with Gasteiger partial charge in [-0.05, 0) is 60.6 Å². The average Bonchev–Trinajstić information content (AvgIpc) is 3.14. The van der Waals surface area contributed by atoms with Crippen LogP contribution < -0.4 is 16.0 Å². The lowest BCUT2D eigenvalue weighted by molar-refractivity contribution is -0.120. The zero-order valence-corrected chi connectivity index (χ0v) is 22.1. The highest BCUT2D eigenvalue weighted by Gasteiger charge is 2.20. The minimum Gasteiger partial charge on any atom is -0.349 e. The molecule has 2 heterocycles. The molecule has 0 fully saturated rings. The van der Waals surface area contributed by atoms with E-state index in [1.807, 2.05) is 19.2 Å². The van der Waals surface area contributed by atoms with Gasteiger partial charge >= 0.3 is 0 Å². The number of amides is 1. The zero-order chi connectivity index (χ0) is 26.0. The predicted molar refractivity (Wildman–Crippen MR) is 146 cm³/mol. The van der Waals surface area contributed by atoms with Gasteiger partial charge in [0.05, 0.1) is 11.4 Å². The van der Waals surface area contributed by atoms with Gasteiger partial charge in [-0.1, -0.05) is 45.0 Å². The molecular weight excluding hydrogens is 450 g/mol. The number of aromatic nitrogens is 4. The maximum atomic E-state index is 11.9. The van der Waals surface area contributed by atoms with E-state index in [4.69, 9.17) is 4.98 Å². The molecule has 0 aliphatic carbocycles. The summed E-state index contributed by atoms with van der Waals surface area (Å²) in [5.74, 6) is 1.42. The van der Waals surface area contributed by atoms with E-state index in [9.17, 15) is 4.79 Å². The second kappa shape index (κ2) is 10.4. The van der Waals surface area contributed by atoms with Gasteiger partial charge in [-0.15, -0.1) is 0 Å². The van der Waals surface area contributed by atoms with Gasteiger partial charge in [0.25, 0.3) is 0 Å². The fourth-order valence-corrected chi connectivity index (χ4v) is 4.56. The molecule has 188 valence electrons. The van der Waals surface area contributed by atoms with Crippen molar-refractivity contribution < 1.29 is 4.79 Å². The first kappa shape index (κ1) is 25.2. The molecule has 0 aliphatic rings. The summed E-state index contributed by atoms with van der Waals surface area (Å²) in [4.78, 5) is 21.2. The SMILES string of the molecule is CCc1ccc(Nc2ncc3c(Nc4c(C)cccc4C)nn(C)c3n2)cc1C(NC(C)=O)C(C)C. The van der Waals surface area contributed by atoms with Crippen LogP contribution in [0.2, 0.25) is 0 Å². The third kappa shape index (κ3) is 5.17. The third-order valence-corrected chi connectivity index (χ3v) is 6.45. The van der Waals surface area contributed by atoms with Crippen molar-refractivity contribution in [1.82, 2.24) is 25.1 Å². The second-order valence-corrected chi connectivity index (χ2v) is 9.61. The predicted octanol–water partition coefficient (Wildman–Crippen LogP) is 5.86. The molecule has 8 heteroatoms. The van der Waals surface area contributed by atoms with Crippen LogP contribution in [0.3, 0.4) is 0 Å². The Hall–Kier alpha value is -3.94. The van der Waals surface area contributed by atoms with E-state index in [-0.39, 0.29) is 17.9 Å². The van der Waals surface area contributed by atoms with Crippen molar-refractivity contribution in [2.24, 2.45) is 13.0 Å². The summed E-state index contributed by atoms with van der Waals surface area (Å²) in [6.07, 6.45) is 2.68. The molecule has 0 aliphatic heterocycles. The Balaban J connectivity index is 1.65. The first-order chi connectivity index (χ1) is 17.2. The molecule has 0 saturated carbocycles. The van der Waals surface area contributed by atoms with Crippen LogP contribution in [0.4, 0.5) is 23.1 Å². The molecule has 4 aromatic rings. The Morgan fingerprint density at radius 1 is 1.08 bits per heavy atom. The third-order valence-electron chi connectivity index (χ3n) is 6.45. The number of hydrogen-bond acceptors (Lipinski definition) is 6. The van der Waals surface area contributed by atoms with E-state index in [1.165, 1.54) is 5.56 Å². The Morgan fingerprint density at radius 2 is 1.81 bits per heavy atom. The normalized spacial score (nSPS) is 12.1. The van der Waals surface area contributed by atoms with Gasteiger partial charge in [-0.25, -0.2) is 9.67 Å². The monoisotopic (exact) mass is 485 g/mol. The van der Waals surface area contributed by atoms with Crippen LogP contribution in [0, 0.1) is 19.8 Å². The van der Waals surface area contributed by atoms with Crippen LogP contribution >= 0.6 is 0 Å². The highest BCUT2D eigenvalue weighted by Crippen LogP contribution is 2.31. The summed E-state index contributed by atoms with van der Waals surface area (Å²) in [7, 11) is 1.88. The Labute approximate surface area is 212 Å². The minimum atomic E-state index is -0.0711.